The fourth-order valence-corrected chi connectivity index (χ4v) is 2.67. The summed E-state index contributed by atoms with van der Waals surface area (Å²) in [7, 11) is 1.46. The lowest BCUT2D eigenvalue weighted by Crippen LogP contribution is -2.30. The van der Waals surface area contributed by atoms with Crippen LogP contribution in [0.4, 0.5) is 13.2 Å². The molecule has 0 fully saturated rings. The zero-order valence-corrected chi connectivity index (χ0v) is 15.5. The highest BCUT2D eigenvalue weighted by Crippen LogP contribution is 2.31. The summed E-state index contributed by atoms with van der Waals surface area (Å²) < 4.78 is 50.7. The molecule has 0 aliphatic rings. The molecular formula is C16H14ClF3INO2. The van der Waals surface area contributed by atoms with Crippen molar-refractivity contribution in [3.8, 4) is 11.6 Å². The van der Waals surface area contributed by atoms with Gasteiger partial charge in [0.05, 0.1) is 22.8 Å². The van der Waals surface area contributed by atoms with Gasteiger partial charge in [0.25, 0.3) is 0 Å². The molecule has 0 aliphatic carbocycles. The summed E-state index contributed by atoms with van der Waals surface area (Å²) in [5.74, 6) is -0.960. The molecule has 0 radical (unpaired) electrons. The fourth-order valence-electron chi connectivity index (χ4n) is 1.98. The Morgan fingerprint density at radius 2 is 1.92 bits per heavy atom. The van der Waals surface area contributed by atoms with Crippen LogP contribution >= 0.6 is 34.2 Å². The van der Waals surface area contributed by atoms with Crippen LogP contribution < -0.4 is 9.47 Å². The van der Waals surface area contributed by atoms with E-state index in [-0.39, 0.29) is 6.42 Å². The van der Waals surface area contributed by atoms with Gasteiger partial charge in [0.2, 0.25) is 5.88 Å². The lowest BCUT2D eigenvalue weighted by atomic mass is 9.99. The van der Waals surface area contributed by atoms with Gasteiger partial charge in [-0.3, -0.25) is 0 Å². The molecule has 0 saturated heterocycles. The van der Waals surface area contributed by atoms with E-state index < -0.39 is 18.7 Å². The molecule has 0 amide bonds. The highest BCUT2D eigenvalue weighted by molar-refractivity contribution is 14.1. The van der Waals surface area contributed by atoms with E-state index in [0.29, 0.717) is 25.8 Å². The van der Waals surface area contributed by atoms with E-state index in [2.05, 4.69) is 4.98 Å². The Morgan fingerprint density at radius 1 is 1.25 bits per heavy atom. The highest BCUT2D eigenvalue weighted by Gasteiger charge is 2.40. The molecule has 1 aromatic heterocycles. The van der Waals surface area contributed by atoms with Crippen LogP contribution in [-0.2, 0) is 6.42 Å². The molecular weight excluding hydrogens is 458 g/mol. The first kappa shape index (κ1) is 19.1. The summed E-state index contributed by atoms with van der Waals surface area (Å²) in [6, 6.07) is 7.90. The van der Waals surface area contributed by atoms with Crippen LogP contribution in [0.25, 0.3) is 0 Å². The molecule has 0 N–H and O–H groups in total. The Hall–Kier alpha value is -1.22. The van der Waals surface area contributed by atoms with Gasteiger partial charge in [-0.25, -0.2) is 4.98 Å². The minimum atomic E-state index is -4.37. The SMILES string of the molecule is COc1cc(I)c(OC[C@@H](Cc2ccc(Cl)cc2)C(F)(F)F)cn1. The van der Waals surface area contributed by atoms with Crippen LogP contribution in [-0.4, -0.2) is 24.9 Å². The maximum Gasteiger partial charge on any atom is 0.395 e. The molecule has 0 spiro atoms. The number of hydrogen-bond donors (Lipinski definition) is 0. The van der Waals surface area contributed by atoms with Gasteiger partial charge in [-0.2, -0.15) is 13.2 Å². The maximum atomic E-state index is 13.3. The first-order chi connectivity index (χ1) is 11.3. The molecule has 8 heteroatoms. The summed E-state index contributed by atoms with van der Waals surface area (Å²) in [5, 5.41) is 0.484. The van der Waals surface area contributed by atoms with Gasteiger partial charge in [-0.1, -0.05) is 23.7 Å². The number of pyridine rings is 1. The molecule has 0 aliphatic heterocycles. The number of hydrogen-bond acceptors (Lipinski definition) is 3. The second-order valence-corrected chi connectivity index (χ2v) is 6.64. The molecule has 0 unspecified atom stereocenters. The quantitative estimate of drug-likeness (QED) is 0.546. The van der Waals surface area contributed by atoms with E-state index in [0.717, 1.165) is 0 Å². The smallest absolute Gasteiger partial charge is 0.395 e. The van der Waals surface area contributed by atoms with Crippen molar-refractivity contribution in [3.05, 3.63) is 50.7 Å². The maximum absolute atomic E-state index is 13.3. The molecule has 0 saturated carbocycles. The number of alkyl halides is 3. The minimum absolute atomic E-state index is 0.180. The third kappa shape index (κ3) is 5.41. The summed E-state index contributed by atoms with van der Waals surface area (Å²) in [4.78, 5) is 3.94. The number of nitrogens with zero attached hydrogens (tertiary/aromatic N) is 1. The van der Waals surface area contributed by atoms with Crippen LogP contribution in [0.2, 0.25) is 5.02 Å². The summed E-state index contributed by atoms with van der Waals surface area (Å²) >= 11 is 7.72. The van der Waals surface area contributed by atoms with Crippen molar-refractivity contribution in [1.82, 2.24) is 4.98 Å². The Labute approximate surface area is 156 Å². The average Bonchev–Trinajstić information content (AvgIpc) is 2.53. The molecule has 3 nitrogen and oxygen atoms in total. The molecule has 0 bridgehead atoms. The fraction of sp³-hybridized carbons (Fsp3) is 0.312. The Morgan fingerprint density at radius 3 is 2.46 bits per heavy atom. The molecule has 2 rings (SSSR count). The van der Waals surface area contributed by atoms with Crippen molar-refractivity contribution in [2.75, 3.05) is 13.7 Å². The van der Waals surface area contributed by atoms with Crippen LogP contribution in [0.15, 0.2) is 36.5 Å². The van der Waals surface area contributed by atoms with Gasteiger partial charge in [-0.15, -0.1) is 0 Å². The lowest BCUT2D eigenvalue weighted by Gasteiger charge is -2.21. The predicted octanol–water partition coefficient (Wildman–Crippen LogP) is 5.15. The average molecular weight is 472 g/mol. The van der Waals surface area contributed by atoms with Crippen molar-refractivity contribution in [3.63, 3.8) is 0 Å². The summed E-state index contributed by atoms with van der Waals surface area (Å²) in [6.45, 7) is -0.490. The van der Waals surface area contributed by atoms with Crippen molar-refractivity contribution < 1.29 is 22.6 Å². The third-order valence-corrected chi connectivity index (χ3v) is 4.40. The topological polar surface area (TPSA) is 31.4 Å². The molecule has 2 aromatic rings. The summed E-state index contributed by atoms with van der Waals surface area (Å²) in [5.41, 5.74) is 0.549. The molecule has 130 valence electrons. The van der Waals surface area contributed by atoms with Crippen LogP contribution in [0.1, 0.15) is 5.56 Å². The second-order valence-electron chi connectivity index (χ2n) is 5.04. The van der Waals surface area contributed by atoms with Gasteiger partial charge < -0.3 is 9.47 Å². The minimum Gasteiger partial charge on any atom is -0.490 e. The van der Waals surface area contributed by atoms with Crippen LogP contribution in [0, 0.1) is 9.49 Å². The normalized spacial score (nSPS) is 12.8. The first-order valence-electron chi connectivity index (χ1n) is 6.93. The third-order valence-electron chi connectivity index (χ3n) is 3.30. The van der Waals surface area contributed by atoms with Gasteiger partial charge in [0.15, 0.2) is 5.75 Å². The number of methoxy groups -OCH3 is 1. The predicted molar refractivity (Wildman–Crippen MR) is 93.7 cm³/mol. The standard InChI is InChI=1S/C16H14ClF3INO2/c1-23-15-7-13(21)14(8-22-15)24-9-11(16(18,19)20)6-10-2-4-12(17)5-3-10/h2-5,7-8,11H,6,9H2,1H3/t11-/m1/s1. The van der Waals surface area contributed by atoms with Crippen molar-refractivity contribution in [1.29, 1.82) is 0 Å². The molecule has 1 aromatic carbocycles. The molecule has 24 heavy (non-hydrogen) atoms. The Bertz CT molecular complexity index is 680. The van der Waals surface area contributed by atoms with E-state index in [1.807, 2.05) is 22.6 Å². The van der Waals surface area contributed by atoms with Crippen molar-refractivity contribution in [2.24, 2.45) is 5.92 Å². The van der Waals surface area contributed by atoms with Gasteiger partial charge in [-0.05, 0) is 46.7 Å². The largest absolute Gasteiger partial charge is 0.490 e. The highest BCUT2D eigenvalue weighted by atomic mass is 127. The Kier molecular flexibility index (Phi) is 6.56. The van der Waals surface area contributed by atoms with Crippen LogP contribution in [0.3, 0.4) is 0 Å². The van der Waals surface area contributed by atoms with E-state index in [4.69, 9.17) is 21.1 Å². The molecule has 1 heterocycles. The Balaban J connectivity index is 2.08. The molecule has 1 atom stereocenters. The number of ether oxygens (including phenoxy) is 2. The van der Waals surface area contributed by atoms with Crippen molar-refractivity contribution >= 4 is 34.2 Å². The van der Waals surface area contributed by atoms with Crippen molar-refractivity contribution in [2.45, 2.75) is 12.6 Å². The summed E-state index contributed by atoms with van der Waals surface area (Å²) in [6.07, 6.45) is -3.19. The lowest BCUT2D eigenvalue weighted by molar-refractivity contribution is -0.181. The van der Waals surface area contributed by atoms with E-state index >= 15 is 0 Å². The van der Waals surface area contributed by atoms with Crippen LogP contribution in [0.5, 0.6) is 11.6 Å². The second kappa shape index (κ2) is 8.24. The van der Waals surface area contributed by atoms with E-state index in [1.165, 1.54) is 13.3 Å². The van der Waals surface area contributed by atoms with Gasteiger partial charge in [0.1, 0.15) is 6.61 Å². The number of halogens is 5. The first-order valence-corrected chi connectivity index (χ1v) is 8.38. The zero-order chi connectivity index (χ0) is 17.7. The van der Waals surface area contributed by atoms with Gasteiger partial charge >= 0.3 is 6.18 Å². The number of benzene rings is 1. The number of aromatic nitrogens is 1. The van der Waals surface area contributed by atoms with E-state index in [1.54, 1.807) is 30.3 Å². The van der Waals surface area contributed by atoms with E-state index in [9.17, 15) is 13.2 Å². The number of rotatable bonds is 6. The van der Waals surface area contributed by atoms with Gasteiger partial charge in [0, 0.05) is 11.1 Å². The monoisotopic (exact) mass is 471 g/mol. The zero-order valence-electron chi connectivity index (χ0n) is 12.6.